The van der Waals surface area contributed by atoms with Gasteiger partial charge in [0, 0.05) is 58.3 Å². The molecule has 0 spiro atoms. The summed E-state index contributed by atoms with van der Waals surface area (Å²) in [5.74, 6) is 3.61. The van der Waals surface area contributed by atoms with Gasteiger partial charge >= 0.3 is 0 Å². The number of aromatic nitrogens is 5. The topological polar surface area (TPSA) is 82.8 Å². The van der Waals surface area contributed by atoms with Crippen molar-refractivity contribution in [2.45, 2.75) is 32.6 Å². The zero-order chi connectivity index (χ0) is 21.9. The first-order valence-corrected chi connectivity index (χ1v) is 11.6. The van der Waals surface area contributed by atoms with E-state index in [9.17, 15) is 4.79 Å². The van der Waals surface area contributed by atoms with E-state index in [0.717, 1.165) is 55.2 Å². The molecule has 0 aliphatic carbocycles. The molecule has 5 heterocycles. The van der Waals surface area contributed by atoms with Crippen molar-refractivity contribution in [2.24, 2.45) is 5.92 Å². The number of rotatable bonds is 5. The highest BCUT2D eigenvalue weighted by molar-refractivity contribution is 5.76. The summed E-state index contributed by atoms with van der Waals surface area (Å²) in [6, 6.07) is 9.92. The Morgan fingerprint density at radius 1 is 0.938 bits per heavy atom. The minimum atomic E-state index is 0.156. The number of fused-ring (bicyclic) bond motifs is 1. The van der Waals surface area contributed by atoms with Crippen molar-refractivity contribution in [1.82, 2.24) is 29.7 Å². The molecule has 0 aromatic carbocycles. The molecule has 0 radical (unpaired) electrons. The Bertz CT molecular complexity index is 1050. The summed E-state index contributed by atoms with van der Waals surface area (Å²) in [5, 5.41) is 13.3. The Kier molecular flexibility index (Phi) is 5.87. The first kappa shape index (κ1) is 20.7. The lowest BCUT2D eigenvalue weighted by molar-refractivity contribution is -0.131. The summed E-state index contributed by atoms with van der Waals surface area (Å²) < 4.78 is 1.81. The second-order valence-electron chi connectivity index (χ2n) is 8.80. The Morgan fingerprint density at radius 3 is 2.47 bits per heavy atom. The van der Waals surface area contributed by atoms with E-state index < -0.39 is 0 Å². The van der Waals surface area contributed by atoms with Gasteiger partial charge < -0.3 is 14.7 Å². The number of carbonyl (C=O) groups excluding carboxylic acids is 1. The molecule has 2 aliphatic rings. The summed E-state index contributed by atoms with van der Waals surface area (Å²) in [6.07, 6.45) is 5.14. The molecule has 1 amide bonds. The molecule has 3 aromatic heterocycles. The number of amides is 1. The highest BCUT2D eigenvalue weighted by atomic mass is 16.2. The molecule has 2 aliphatic heterocycles. The lowest BCUT2D eigenvalue weighted by Crippen LogP contribution is -2.49. The maximum absolute atomic E-state index is 12.8. The molecule has 168 valence electrons. The Balaban J connectivity index is 1.19. The molecule has 0 N–H and O–H groups in total. The Labute approximate surface area is 188 Å². The van der Waals surface area contributed by atoms with E-state index in [1.165, 1.54) is 12.8 Å². The molecule has 0 bridgehead atoms. The van der Waals surface area contributed by atoms with Crippen LogP contribution in [0, 0.1) is 5.92 Å². The molecule has 9 nitrogen and oxygen atoms in total. The number of anilines is 2. The fourth-order valence-electron chi connectivity index (χ4n) is 4.49. The first-order valence-electron chi connectivity index (χ1n) is 11.6. The van der Waals surface area contributed by atoms with Gasteiger partial charge in [0.1, 0.15) is 11.6 Å². The van der Waals surface area contributed by atoms with Crippen molar-refractivity contribution in [3.8, 4) is 0 Å². The first-order chi connectivity index (χ1) is 15.7. The van der Waals surface area contributed by atoms with Crippen molar-refractivity contribution in [1.29, 1.82) is 0 Å². The van der Waals surface area contributed by atoms with Crippen LogP contribution in [0.5, 0.6) is 0 Å². The molecule has 0 atom stereocenters. The van der Waals surface area contributed by atoms with Crippen molar-refractivity contribution < 1.29 is 4.79 Å². The lowest BCUT2D eigenvalue weighted by Gasteiger charge is -2.35. The summed E-state index contributed by atoms with van der Waals surface area (Å²) in [5.41, 5.74) is 0.727. The average molecular weight is 435 g/mol. The quantitative estimate of drug-likeness (QED) is 0.608. The van der Waals surface area contributed by atoms with Crippen LogP contribution in [0.4, 0.5) is 11.6 Å². The third kappa shape index (κ3) is 4.37. The monoisotopic (exact) mass is 434 g/mol. The molecular weight excluding hydrogens is 404 g/mol. The van der Waals surface area contributed by atoms with Gasteiger partial charge in [0.15, 0.2) is 11.5 Å². The summed E-state index contributed by atoms with van der Waals surface area (Å²) in [4.78, 5) is 23.7. The molecule has 0 saturated carbocycles. The van der Waals surface area contributed by atoms with Gasteiger partial charge in [-0.15, -0.1) is 15.3 Å². The van der Waals surface area contributed by atoms with Crippen LogP contribution in [0.15, 0.2) is 36.5 Å². The number of hydrogen-bond acceptors (Lipinski definition) is 7. The lowest BCUT2D eigenvalue weighted by atomic mass is 9.99. The van der Waals surface area contributed by atoms with Crippen LogP contribution in [0.1, 0.15) is 32.0 Å². The largest absolute Gasteiger partial charge is 0.355 e. The zero-order valence-electron chi connectivity index (χ0n) is 18.6. The second kappa shape index (κ2) is 9.10. The van der Waals surface area contributed by atoms with E-state index in [-0.39, 0.29) is 5.91 Å². The van der Waals surface area contributed by atoms with Crippen LogP contribution in [0.2, 0.25) is 0 Å². The summed E-state index contributed by atoms with van der Waals surface area (Å²) >= 11 is 0. The molecule has 3 aromatic rings. The number of carbonyl (C=O) groups is 1. The molecule has 9 heteroatoms. The van der Waals surface area contributed by atoms with E-state index in [2.05, 4.69) is 31.9 Å². The number of piperidine rings is 1. The van der Waals surface area contributed by atoms with E-state index >= 15 is 0 Å². The number of piperazine rings is 1. The van der Waals surface area contributed by atoms with Crippen molar-refractivity contribution in [3.05, 3.63) is 42.4 Å². The number of hydrogen-bond donors (Lipinski definition) is 0. The highest BCUT2D eigenvalue weighted by Crippen LogP contribution is 2.21. The van der Waals surface area contributed by atoms with Crippen LogP contribution in [-0.2, 0) is 11.2 Å². The SMILES string of the molecule is CC1CCN(c2ccc3nnc(CCC(=O)N4CCN(c5ccccn5)CC4)n3n2)CC1. The molecule has 2 saturated heterocycles. The van der Waals surface area contributed by atoms with Gasteiger partial charge in [-0.05, 0) is 43.0 Å². The Hall–Kier alpha value is -3.23. The van der Waals surface area contributed by atoms with Crippen LogP contribution >= 0.6 is 0 Å². The minimum absolute atomic E-state index is 0.156. The minimum Gasteiger partial charge on any atom is -0.355 e. The zero-order valence-corrected chi connectivity index (χ0v) is 18.6. The van der Waals surface area contributed by atoms with Gasteiger partial charge in [-0.1, -0.05) is 13.0 Å². The van der Waals surface area contributed by atoms with Crippen LogP contribution < -0.4 is 9.80 Å². The standard InChI is InChI=1S/C23H30N8O/c1-18-9-12-28(13-10-18)22-6-5-20-25-26-21(31(20)27-22)7-8-23(32)30-16-14-29(15-17-30)19-4-2-3-11-24-19/h2-6,11,18H,7-10,12-17H2,1H3. The normalized spacial score (nSPS) is 17.8. The van der Waals surface area contributed by atoms with E-state index in [1.54, 1.807) is 10.7 Å². The summed E-state index contributed by atoms with van der Waals surface area (Å²) in [6.45, 7) is 7.39. The smallest absolute Gasteiger partial charge is 0.223 e. The van der Waals surface area contributed by atoms with E-state index in [4.69, 9.17) is 5.10 Å². The maximum Gasteiger partial charge on any atom is 0.223 e. The fraction of sp³-hybridized carbons (Fsp3) is 0.522. The fourth-order valence-corrected chi connectivity index (χ4v) is 4.49. The summed E-state index contributed by atoms with van der Waals surface area (Å²) in [7, 11) is 0. The van der Waals surface area contributed by atoms with Gasteiger partial charge in [-0.2, -0.15) is 4.52 Å². The van der Waals surface area contributed by atoms with Crippen LogP contribution in [-0.4, -0.2) is 74.9 Å². The van der Waals surface area contributed by atoms with Gasteiger partial charge in [0.05, 0.1) is 0 Å². The van der Waals surface area contributed by atoms with E-state index in [1.807, 2.05) is 35.2 Å². The molecular formula is C23H30N8O. The molecule has 5 rings (SSSR count). The van der Waals surface area contributed by atoms with Crippen LogP contribution in [0.3, 0.4) is 0 Å². The van der Waals surface area contributed by atoms with Crippen molar-refractivity contribution in [3.63, 3.8) is 0 Å². The van der Waals surface area contributed by atoms with Gasteiger partial charge in [-0.3, -0.25) is 4.79 Å². The number of aryl methyl sites for hydroxylation is 1. The highest BCUT2D eigenvalue weighted by Gasteiger charge is 2.23. The second-order valence-corrected chi connectivity index (χ2v) is 8.80. The van der Waals surface area contributed by atoms with Crippen LogP contribution in [0.25, 0.3) is 5.65 Å². The number of nitrogens with zero attached hydrogens (tertiary/aromatic N) is 8. The average Bonchev–Trinajstić information content (AvgIpc) is 3.26. The van der Waals surface area contributed by atoms with E-state index in [0.29, 0.717) is 25.9 Å². The van der Waals surface area contributed by atoms with Crippen molar-refractivity contribution >= 4 is 23.2 Å². The predicted octanol–water partition coefficient (Wildman–Crippen LogP) is 2.04. The number of pyridine rings is 1. The molecule has 2 fully saturated rings. The van der Waals surface area contributed by atoms with Crippen molar-refractivity contribution in [2.75, 3.05) is 49.1 Å². The maximum atomic E-state index is 12.8. The van der Waals surface area contributed by atoms with Gasteiger partial charge in [-0.25, -0.2) is 4.98 Å². The third-order valence-electron chi connectivity index (χ3n) is 6.59. The molecule has 32 heavy (non-hydrogen) atoms. The predicted molar refractivity (Wildman–Crippen MR) is 123 cm³/mol. The Morgan fingerprint density at radius 2 is 1.72 bits per heavy atom. The van der Waals surface area contributed by atoms with Gasteiger partial charge in [0.25, 0.3) is 0 Å². The third-order valence-corrected chi connectivity index (χ3v) is 6.59. The molecule has 0 unspecified atom stereocenters. The van der Waals surface area contributed by atoms with Gasteiger partial charge in [0.2, 0.25) is 5.91 Å².